The minimum atomic E-state index is -0.656. The summed E-state index contributed by atoms with van der Waals surface area (Å²) >= 11 is 0. The Kier molecular flexibility index (Phi) is 6.62. The fraction of sp³-hybridized carbons (Fsp3) is 0.280. The summed E-state index contributed by atoms with van der Waals surface area (Å²) in [6, 6.07) is 13.6. The highest BCUT2D eigenvalue weighted by Crippen LogP contribution is 2.28. The summed E-state index contributed by atoms with van der Waals surface area (Å²) in [7, 11) is 0. The van der Waals surface area contributed by atoms with E-state index in [0.717, 1.165) is 0 Å². The molecule has 3 amide bonds. The minimum absolute atomic E-state index is 0.0952. The van der Waals surface area contributed by atoms with Crippen LogP contribution in [0.25, 0.3) is 10.9 Å². The van der Waals surface area contributed by atoms with Crippen LogP contribution < -0.4 is 10.1 Å². The zero-order chi connectivity index (χ0) is 24.2. The number of benzene rings is 2. The van der Waals surface area contributed by atoms with E-state index in [1.165, 1.54) is 11.1 Å². The van der Waals surface area contributed by atoms with Crippen LogP contribution in [0.3, 0.4) is 0 Å². The van der Waals surface area contributed by atoms with Gasteiger partial charge in [0, 0.05) is 49.4 Å². The van der Waals surface area contributed by atoms with Crippen molar-refractivity contribution in [3.63, 3.8) is 0 Å². The Balaban J connectivity index is 1.48. The van der Waals surface area contributed by atoms with Crippen molar-refractivity contribution in [1.29, 1.82) is 0 Å². The molecule has 0 unspecified atom stereocenters. The van der Waals surface area contributed by atoms with E-state index in [4.69, 9.17) is 4.74 Å². The third kappa shape index (κ3) is 4.50. The average Bonchev–Trinajstić information content (AvgIpc) is 3.28. The molecular weight excluding hydrogens is 436 g/mol. The molecule has 0 spiro atoms. The number of H-pyrrole nitrogens is 1. The van der Waals surface area contributed by atoms with E-state index in [0.29, 0.717) is 36.1 Å². The van der Waals surface area contributed by atoms with Gasteiger partial charge in [-0.05, 0) is 32.0 Å². The number of amides is 3. The van der Waals surface area contributed by atoms with Crippen LogP contribution in [0, 0.1) is 0 Å². The monoisotopic (exact) mass is 462 g/mol. The maximum Gasteiger partial charge on any atom is 0.412 e. The normalized spacial score (nSPS) is 15.8. The Morgan fingerprint density at radius 3 is 2.53 bits per heavy atom. The molecule has 0 saturated carbocycles. The number of nitrogens with one attached hydrogen (secondary N) is 2. The molecule has 9 nitrogen and oxygen atoms in total. The lowest BCUT2D eigenvalue weighted by Gasteiger charge is -2.39. The van der Waals surface area contributed by atoms with Gasteiger partial charge in [-0.25, -0.2) is 4.79 Å². The molecule has 4 rings (SSSR count). The van der Waals surface area contributed by atoms with Crippen molar-refractivity contribution in [2.24, 2.45) is 0 Å². The lowest BCUT2D eigenvalue weighted by Crippen LogP contribution is -2.56. The quantitative estimate of drug-likeness (QED) is 0.447. The fourth-order valence-corrected chi connectivity index (χ4v) is 4.13. The van der Waals surface area contributed by atoms with Crippen LogP contribution >= 0.6 is 0 Å². The van der Waals surface area contributed by atoms with Gasteiger partial charge >= 0.3 is 6.09 Å². The van der Waals surface area contributed by atoms with Crippen LogP contribution in [-0.2, 0) is 4.79 Å². The molecule has 2 heterocycles. The second-order valence-corrected chi connectivity index (χ2v) is 8.09. The van der Waals surface area contributed by atoms with Gasteiger partial charge in [0.2, 0.25) is 0 Å². The molecule has 1 saturated heterocycles. The molecule has 0 radical (unpaired) electrons. The summed E-state index contributed by atoms with van der Waals surface area (Å²) in [5.74, 6) is -1.12. The molecule has 9 heteroatoms. The van der Waals surface area contributed by atoms with Crippen molar-refractivity contribution < 1.29 is 23.9 Å². The summed E-state index contributed by atoms with van der Waals surface area (Å²) in [6.45, 7) is 4.96. The zero-order valence-electron chi connectivity index (χ0n) is 19.0. The Morgan fingerprint density at radius 2 is 1.82 bits per heavy atom. The first kappa shape index (κ1) is 23.0. The highest BCUT2D eigenvalue weighted by Gasteiger charge is 2.34. The molecule has 34 heavy (non-hydrogen) atoms. The van der Waals surface area contributed by atoms with Gasteiger partial charge in [0.05, 0.1) is 11.1 Å². The van der Waals surface area contributed by atoms with Gasteiger partial charge in [-0.2, -0.15) is 0 Å². The highest BCUT2D eigenvalue weighted by molar-refractivity contribution is 6.45. The molecular formula is C25H26N4O5. The Bertz CT molecular complexity index is 1240. The maximum atomic E-state index is 13.1. The van der Waals surface area contributed by atoms with Gasteiger partial charge in [-0.15, -0.1) is 0 Å². The second kappa shape index (κ2) is 9.78. The number of rotatable bonds is 5. The van der Waals surface area contributed by atoms with Crippen LogP contribution in [0.2, 0.25) is 0 Å². The third-order valence-corrected chi connectivity index (χ3v) is 5.84. The SMILES string of the molecule is CCNC(=O)Oc1cccc2c(C(=O)C(=O)N3CCN(C(=O)c4ccccc4)C[C@H]3C)c[nH]c12. The molecule has 1 atom stereocenters. The van der Waals surface area contributed by atoms with Gasteiger partial charge in [-0.3, -0.25) is 14.4 Å². The van der Waals surface area contributed by atoms with E-state index < -0.39 is 17.8 Å². The van der Waals surface area contributed by atoms with Gasteiger partial charge in [0.25, 0.3) is 17.6 Å². The van der Waals surface area contributed by atoms with Gasteiger partial charge in [0.1, 0.15) is 0 Å². The number of nitrogens with zero attached hydrogens (tertiary/aromatic N) is 2. The van der Waals surface area contributed by atoms with Crippen LogP contribution in [0.15, 0.2) is 54.7 Å². The van der Waals surface area contributed by atoms with E-state index in [1.54, 1.807) is 42.2 Å². The second-order valence-electron chi connectivity index (χ2n) is 8.09. The summed E-state index contributed by atoms with van der Waals surface area (Å²) in [4.78, 5) is 56.9. The number of carbonyl (C=O) groups is 4. The number of aromatic nitrogens is 1. The molecule has 0 aliphatic carbocycles. The first-order valence-electron chi connectivity index (χ1n) is 11.2. The number of Topliss-reactive ketones (excluding diaryl/α,β-unsaturated/α-hetero) is 1. The Hall–Kier alpha value is -4.14. The first-order chi connectivity index (χ1) is 16.4. The number of hydrogen-bond donors (Lipinski definition) is 2. The fourth-order valence-electron chi connectivity index (χ4n) is 4.13. The number of piperazine rings is 1. The van der Waals surface area contributed by atoms with Crippen molar-refractivity contribution in [1.82, 2.24) is 20.1 Å². The molecule has 2 N–H and O–H groups in total. The molecule has 1 aromatic heterocycles. The summed E-state index contributed by atoms with van der Waals surface area (Å²) in [6.07, 6.45) is 0.847. The topological polar surface area (TPSA) is 112 Å². The maximum absolute atomic E-state index is 13.1. The summed E-state index contributed by atoms with van der Waals surface area (Å²) < 4.78 is 5.30. The van der Waals surface area contributed by atoms with E-state index >= 15 is 0 Å². The van der Waals surface area contributed by atoms with E-state index in [9.17, 15) is 19.2 Å². The number of ether oxygens (including phenoxy) is 1. The molecule has 1 aliphatic rings. The highest BCUT2D eigenvalue weighted by atomic mass is 16.6. The summed E-state index contributed by atoms with van der Waals surface area (Å²) in [5.41, 5.74) is 1.25. The Labute approximate surface area is 196 Å². The van der Waals surface area contributed by atoms with E-state index in [2.05, 4.69) is 10.3 Å². The van der Waals surface area contributed by atoms with Gasteiger partial charge in [-0.1, -0.05) is 30.3 Å². The van der Waals surface area contributed by atoms with Crippen LogP contribution in [0.1, 0.15) is 34.6 Å². The van der Waals surface area contributed by atoms with Crippen LogP contribution in [0.5, 0.6) is 5.75 Å². The number of carbonyl (C=O) groups excluding carboxylic acids is 4. The molecule has 1 aliphatic heterocycles. The molecule has 3 aromatic rings. The Morgan fingerprint density at radius 1 is 1.06 bits per heavy atom. The first-order valence-corrected chi connectivity index (χ1v) is 11.2. The predicted molar refractivity (Wildman–Crippen MR) is 126 cm³/mol. The third-order valence-electron chi connectivity index (χ3n) is 5.84. The van der Waals surface area contributed by atoms with E-state index in [1.807, 2.05) is 25.1 Å². The van der Waals surface area contributed by atoms with Crippen molar-refractivity contribution in [2.75, 3.05) is 26.2 Å². The lowest BCUT2D eigenvalue weighted by atomic mass is 10.1. The van der Waals surface area contributed by atoms with Crippen LogP contribution in [0.4, 0.5) is 4.79 Å². The molecule has 176 valence electrons. The smallest absolute Gasteiger partial charge is 0.408 e. The average molecular weight is 463 g/mol. The van der Waals surface area contributed by atoms with Crippen molar-refractivity contribution in [3.8, 4) is 5.75 Å². The van der Waals surface area contributed by atoms with Gasteiger partial charge < -0.3 is 24.8 Å². The molecule has 1 fully saturated rings. The number of para-hydroxylation sites is 1. The number of fused-ring (bicyclic) bond motifs is 1. The lowest BCUT2D eigenvalue weighted by molar-refractivity contribution is -0.130. The predicted octanol–water partition coefficient (Wildman–Crippen LogP) is 2.83. The van der Waals surface area contributed by atoms with Crippen LogP contribution in [-0.4, -0.2) is 70.7 Å². The number of hydrogen-bond acceptors (Lipinski definition) is 5. The number of ketones is 1. The van der Waals surface area contributed by atoms with Crippen molar-refractivity contribution in [3.05, 3.63) is 65.9 Å². The van der Waals surface area contributed by atoms with Crippen molar-refractivity contribution in [2.45, 2.75) is 19.9 Å². The summed E-state index contributed by atoms with van der Waals surface area (Å²) in [5, 5.41) is 3.04. The molecule has 2 aromatic carbocycles. The van der Waals surface area contributed by atoms with Gasteiger partial charge in [0.15, 0.2) is 5.75 Å². The molecule has 0 bridgehead atoms. The standard InChI is InChI=1S/C25H26N4O5/c1-3-26-25(33)34-20-11-7-10-18-19(14-27-21(18)20)22(30)24(32)29-13-12-28(15-16(29)2)23(31)17-8-5-4-6-9-17/h4-11,14,16,27H,3,12-13,15H2,1-2H3,(H,26,33)/t16-/m1/s1. The number of aromatic amines is 1. The minimum Gasteiger partial charge on any atom is -0.408 e. The zero-order valence-corrected chi connectivity index (χ0v) is 19.0. The van der Waals surface area contributed by atoms with Crippen molar-refractivity contribution >= 4 is 34.6 Å². The van der Waals surface area contributed by atoms with E-state index in [-0.39, 0.29) is 29.8 Å². The largest absolute Gasteiger partial charge is 0.412 e.